The maximum atomic E-state index is 12.7. The molecule has 2 heterocycles. The Morgan fingerprint density at radius 3 is 3.08 bits per heavy atom. The van der Waals surface area contributed by atoms with Crippen molar-refractivity contribution in [2.75, 3.05) is 6.61 Å². The van der Waals surface area contributed by atoms with Crippen LogP contribution in [0.15, 0.2) is 36.9 Å². The standard InChI is InChI=1S/C18H22N4O2/c1-18(2)15(14-7-4-8-24-16(14)18)21-17(23)12-5-3-6-13(9-12)22-11-19-10-20-22/h3,5-6,9-11,14-16H,4,7-8H2,1-2H3,(H,21,23)/t14-,15-,16-/m1/s1. The van der Waals surface area contributed by atoms with E-state index in [0.29, 0.717) is 11.5 Å². The first-order chi connectivity index (χ1) is 11.6. The zero-order chi connectivity index (χ0) is 16.7. The Balaban J connectivity index is 1.51. The normalized spacial score (nSPS) is 27.8. The minimum Gasteiger partial charge on any atom is -0.377 e. The van der Waals surface area contributed by atoms with Crippen molar-refractivity contribution in [3.63, 3.8) is 0 Å². The van der Waals surface area contributed by atoms with Crippen molar-refractivity contribution in [3.8, 4) is 5.69 Å². The molecule has 6 heteroatoms. The van der Waals surface area contributed by atoms with Crippen LogP contribution < -0.4 is 5.32 Å². The van der Waals surface area contributed by atoms with E-state index in [2.05, 4.69) is 29.2 Å². The molecule has 3 atom stereocenters. The molecule has 126 valence electrons. The molecule has 1 saturated carbocycles. The Morgan fingerprint density at radius 1 is 1.42 bits per heavy atom. The molecule has 2 aromatic rings. The van der Waals surface area contributed by atoms with Crippen LogP contribution in [0.1, 0.15) is 37.0 Å². The van der Waals surface area contributed by atoms with Crippen molar-refractivity contribution >= 4 is 5.91 Å². The quantitative estimate of drug-likeness (QED) is 0.939. The van der Waals surface area contributed by atoms with Gasteiger partial charge in [-0.3, -0.25) is 4.79 Å². The van der Waals surface area contributed by atoms with Crippen LogP contribution in [-0.2, 0) is 4.74 Å². The Hall–Kier alpha value is -2.21. The summed E-state index contributed by atoms with van der Waals surface area (Å²) >= 11 is 0. The summed E-state index contributed by atoms with van der Waals surface area (Å²) in [6, 6.07) is 7.60. The number of carbonyl (C=O) groups excluding carboxylic acids is 1. The van der Waals surface area contributed by atoms with Crippen molar-refractivity contribution in [2.45, 2.75) is 38.8 Å². The van der Waals surface area contributed by atoms with Crippen LogP contribution in [0, 0.1) is 11.3 Å². The van der Waals surface area contributed by atoms with Crippen LogP contribution >= 0.6 is 0 Å². The van der Waals surface area contributed by atoms with Gasteiger partial charge < -0.3 is 10.1 Å². The third kappa shape index (κ3) is 2.41. The first-order valence-electron chi connectivity index (χ1n) is 8.45. The molecule has 1 aliphatic heterocycles. The molecule has 6 nitrogen and oxygen atoms in total. The number of ether oxygens (including phenoxy) is 1. The molecule has 0 radical (unpaired) electrons. The molecule has 4 rings (SSSR count). The molecule has 0 bridgehead atoms. The number of rotatable bonds is 3. The number of aromatic nitrogens is 3. The van der Waals surface area contributed by atoms with Crippen molar-refractivity contribution in [1.82, 2.24) is 20.1 Å². The Bertz CT molecular complexity index is 741. The summed E-state index contributed by atoms with van der Waals surface area (Å²) in [5.74, 6) is 0.385. The smallest absolute Gasteiger partial charge is 0.251 e. The van der Waals surface area contributed by atoms with E-state index in [1.807, 2.05) is 24.3 Å². The van der Waals surface area contributed by atoms with Gasteiger partial charge in [-0.05, 0) is 31.0 Å². The summed E-state index contributed by atoms with van der Waals surface area (Å²) < 4.78 is 7.56. The zero-order valence-corrected chi connectivity index (χ0v) is 14.0. The van der Waals surface area contributed by atoms with E-state index in [0.717, 1.165) is 25.1 Å². The van der Waals surface area contributed by atoms with Gasteiger partial charge in [0, 0.05) is 29.5 Å². The molecule has 2 aliphatic rings. The maximum absolute atomic E-state index is 12.7. The summed E-state index contributed by atoms with van der Waals surface area (Å²) in [5, 5.41) is 7.34. The van der Waals surface area contributed by atoms with Crippen LogP contribution in [0.4, 0.5) is 0 Å². The lowest BCUT2D eigenvalue weighted by Crippen LogP contribution is -2.70. The fourth-order valence-electron chi connectivity index (χ4n) is 4.17. The zero-order valence-electron chi connectivity index (χ0n) is 14.0. The predicted octanol–water partition coefficient (Wildman–Crippen LogP) is 2.20. The molecule has 1 aromatic heterocycles. The topological polar surface area (TPSA) is 69.0 Å². The van der Waals surface area contributed by atoms with Gasteiger partial charge in [-0.1, -0.05) is 19.9 Å². The minimum atomic E-state index is -0.0425. The minimum absolute atomic E-state index is 0.0236. The molecule has 1 aromatic carbocycles. The molecule has 0 spiro atoms. The number of benzene rings is 1. The number of fused-ring (bicyclic) bond motifs is 1. The fraction of sp³-hybridized carbons (Fsp3) is 0.500. The van der Waals surface area contributed by atoms with Gasteiger partial charge in [0.2, 0.25) is 0 Å². The lowest BCUT2D eigenvalue weighted by atomic mass is 9.55. The first kappa shape index (κ1) is 15.3. The number of amides is 1. The van der Waals surface area contributed by atoms with Crippen molar-refractivity contribution in [3.05, 3.63) is 42.5 Å². The van der Waals surface area contributed by atoms with Gasteiger partial charge in [-0.25, -0.2) is 9.67 Å². The van der Waals surface area contributed by atoms with Crippen LogP contribution in [0.5, 0.6) is 0 Å². The van der Waals surface area contributed by atoms with Crippen LogP contribution in [0.2, 0.25) is 0 Å². The molecule has 1 amide bonds. The van der Waals surface area contributed by atoms with E-state index in [4.69, 9.17) is 4.74 Å². The van der Waals surface area contributed by atoms with E-state index in [1.54, 1.807) is 11.0 Å². The maximum Gasteiger partial charge on any atom is 0.251 e. The molecule has 2 fully saturated rings. The lowest BCUT2D eigenvalue weighted by molar-refractivity contribution is -0.189. The number of nitrogens with zero attached hydrogens (tertiary/aromatic N) is 3. The molecular weight excluding hydrogens is 304 g/mol. The highest BCUT2D eigenvalue weighted by molar-refractivity contribution is 5.95. The molecule has 24 heavy (non-hydrogen) atoms. The van der Waals surface area contributed by atoms with Crippen molar-refractivity contribution in [2.24, 2.45) is 11.3 Å². The SMILES string of the molecule is CC1(C)[C@H](NC(=O)c2cccc(-n3cncn3)c2)[C@H]2CCCO[C@H]21. The Morgan fingerprint density at radius 2 is 2.29 bits per heavy atom. The fourth-order valence-corrected chi connectivity index (χ4v) is 4.17. The van der Waals surface area contributed by atoms with Gasteiger partial charge in [0.05, 0.1) is 11.8 Å². The molecular formula is C18H22N4O2. The van der Waals surface area contributed by atoms with Crippen LogP contribution in [-0.4, -0.2) is 39.4 Å². The summed E-state index contributed by atoms with van der Waals surface area (Å²) in [5.41, 5.74) is 1.44. The molecule has 1 N–H and O–H groups in total. The largest absolute Gasteiger partial charge is 0.377 e. The Kier molecular flexibility index (Phi) is 3.64. The second kappa shape index (κ2) is 5.70. The highest BCUT2D eigenvalue weighted by atomic mass is 16.5. The summed E-state index contributed by atoms with van der Waals surface area (Å²) in [4.78, 5) is 16.7. The van der Waals surface area contributed by atoms with Gasteiger partial charge in [0.25, 0.3) is 5.91 Å². The molecule has 0 unspecified atom stereocenters. The summed E-state index contributed by atoms with van der Waals surface area (Å²) in [6.07, 6.45) is 5.56. The average molecular weight is 326 g/mol. The average Bonchev–Trinajstić information content (AvgIpc) is 3.14. The number of hydrogen-bond acceptors (Lipinski definition) is 4. The molecule has 1 saturated heterocycles. The summed E-state index contributed by atoms with van der Waals surface area (Å²) in [7, 11) is 0. The first-order valence-corrected chi connectivity index (χ1v) is 8.45. The van der Waals surface area contributed by atoms with Gasteiger partial charge in [-0.2, -0.15) is 5.10 Å². The van der Waals surface area contributed by atoms with Crippen LogP contribution in [0.3, 0.4) is 0 Å². The number of nitrogens with one attached hydrogen (secondary N) is 1. The number of hydrogen-bond donors (Lipinski definition) is 1. The van der Waals surface area contributed by atoms with Gasteiger partial charge in [-0.15, -0.1) is 0 Å². The molecule has 1 aliphatic carbocycles. The lowest BCUT2D eigenvalue weighted by Gasteiger charge is -2.59. The third-order valence-corrected chi connectivity index (χ3v) is 5.41. The van der Waals surface area contributed by atoms with E-state index >= 15 is 0 Å². The van der Waals surface area contributed by atoms with E-state index < -0.39 is 0 Å². The van der Waals surface area contributed by atoms with Gasteiger partial charge in [0.15, 0.2) is 0 Å². The van der Waals surface area contributed by atoms with E-state index in [9.17, 15) is 4.79 Å². The Labute approximate surface area is 141 Å². The second-order valence-electron chi connectivity index (χ2n) is 7.26. The van der Waals surface area contributed by atoms with Crippen LogP contribution in [0.25, 0.3) is 5.69 Å². The van der Waals surface area contributed by atoms with E-state index in [1.165, 1.54) is 6.33 Å². The highest BCUT2D eigenvalue weighted by Gasteiger charge is 2.58. The second-order valence-corrected chi connectivity index (χ2v) is 7.26. The monoisotopic (exact) mass is 326 g/mol. The van der Waals surface area contributed by atoms with Gasteiger partial charge >= 0.3 is 0 Å². The van der Waals surface area contributed by atoms with E-state index in [-0.39, 0.29) is 23.5 Å². The summed E-state index contributed by atoms with van der Waals surface area (Å²) in [6.45, 7) is 5.19. The number of carbonyl (C=O) groups is 1. The third-order valence-electron chi connectivity index (χ3n) is 5.41. The highest BCUT2D eigenvalue weighted by Crippen LogP contribution is 2.51. The van der Waals surface area contributed by atoms with Gasteiger partial charge in [0.1, 0.15) is 12.7 Å². The van der Waals surface area contributed by atoms with Crippen molar-refractivity contribution in [1.29, 1.82) is 0 Å². The predicted molar refractivity (Wildman–Crippen MR) is 88.9 cm³/mol. The van der Waals surface area contributed by atoms with Crippen molar-refractivity contribution < 1.29 is 9.53 Å².